The Bertz CT molecular complexity index is 475. The number of benzene rings is 1. The summed E-state index contributed by atoms with van der Waals surface area (Å²) < 4.78 is 4.74. The van der Waals surface area contributed by atoms with E-state index in [1.165, 1.54) is 0 Å². The molecule has 0 bridgehead atoms. The number of nitrogens with zero attached hydrogens (tertiary/aromatic N) is 1. The van der Waals surface area contributed by atoms with Crippen molar-refractivity contribution in [3.63, 3.8) is 0 Å². The average Bonchev–Trinajstić information content (AvgIpc) is 2.83. The van der Waals surface area contributed by atoms with Gasteiger partial charge in [0.25, 0.3) is 0 Å². The molecule has 6 nitrogen and oxygen atoms in total. The number of carbonyl (C=O) groups excluding carboxylic acids is 2. The molecule has 1 aromatic carbocycles. The van der Waals surface area contributed by atoms with E-state index in [4.69, 9.17) is 9.84 Å². The van der Waals surface area contributed by atoms with Gasteiger partial charge in [0.1, 0.15) is 6.61 Å². The highest BCUT2D eigenvalue weighted by Crippen LogP contribution is 2.29. The van der Waals surface area contributed by atoms with Gasteiger partial charge in [-0.1, -0.05) is 12.1 Å². The quantitative estimate of drug-likeness (QED) is 0.860. The number of hydrogen-bond donors (Lipinski definition) is 2. The van der Waals surface area contributed by atoms with E-state index in [1.807, 2.05) is 6.07 Å². The monoisotopic (exact) mass is 264 g/mol. The van der Waals surface area contributed by atoms with Gasteiger partial charge in [0, 0.05) is 13.0 Å². The minimum Gasteiger partial charge on any atom is -0.447 e. The molecule has 1 aromatic rings. The Labute approximate surface area is 111 Å². The van der Waals surface area contributed by atoms with Gasteiger partial charge in [0.05, 0.1) is 18.0 Å². The van der Waals surface area contributed by atoms with Crippen molar-refractivity contribution in [3.05, 3.63) is 24.3 Å². The minimum atomic E-state index is -0.645. The van der Waals surface area contributed by atoms with Crippen LogP contribution >= 0.6 is 0 Å². The van der Waals surface area contributed by atoms with Gasteiger partial charge in [-0.25, -0.2) is 4.79 Å². The highest BCUT2D eigenvalue weighted by Gasteiger charge is 2.24. The van der Waals surface area contributed by atoms with Crippen LogP contribution in [0.25, 0.3) is 0 Å². The van der Waals surface area contributed by atoms with Crippen molar-refractivity contribution in [2.75, 3.05) is 30.0 Å². The van der Waals surface area contributed by atoms with Gasteiger partial charge >= 0.3 is 6.09 Å². The zero-order chi connectivity index (χ0) is 13.7. The maximum Gasteiger partial charge on any atom is 0.411 e. The smallest absolute Gasteiger partial charge is 0.411 e. The molecule has 1 saturated heterocycles. The number of amides is 2. The predicted molar refractivity (Wildman–Crippen MR) is 70.1 cm³/mol. The number of aliphatic hydroxyl groups excluding tert-OH is 1. The van der Waals surface area contributed by atoms with Gasteiger partial charge in [-0.2, -0.15) is 0 Å². The topological polar surface area (TPSA) is 78.9 Å². The summed E-state index contributed by atoms with van der Waals surface area (Å²) in [6, 6.07) is 7.07. The van der Waals surface area contributed by atoms with Crippen LogP contribution in [0.4, 0.5) is 16.2 Å². The van der Waals surface area contributed by atoms with E-state index >= 15 is 0 Å². The summed E-state index contributed by atoms with van der Waals surface area (Å²) in [6.45, 7) is 0.375. The standard InChI is InChI=1S/C13H16N2O4/c16-8-9-19-13(18)14-10-4-1-2-5-11(10)15-7-3-6-12(15)17/h1-2,4-5,16H,3,6-9H2,(H,14,18). The second-order valence-electron chi connectivity index (χ2n) is 4.15. The summed E-state index contributed by atoms with van der Waals surface area (Å²) >= 11 is 0. The second-order valence-corrected chi connectivity index (χ2v) is 4.15. The molecule has 1 aliphatic rings. The molecule has 6 heteroatoms. The summed E-state index contributed by atoms with van der Waals surface area (Å²) in [5, 5.41) is 11.2. The number of rotatable bonds is 4. The molecule has 2 rings (SSSR count). The molecule has 19 heavy (non-hydrogen) atoms. The molecule has 0 aromatic heterocycles. The Morgan fingerprint density at radius 2 is 2.21 bits per heavy atom. The van der Waals surface area contributed by atoms with Gasteiger partial charge in [0.2, 0.25) is 5.91 Å². The molecule has 0 unspecified atom stereocenters. The van der Waals surface area contributed by atoms with Crippen LogP contribution in [0.3, 0.4) is 0 Å². The Hall–Kier alpha value is -2.08. The lowest BCUT2D eigenvalue weighted by atomic mass is 10.2. The summed E-state index contributed by atoms with van der Waals surface area (Å²) in [5.74, 6) is 0.0537. The molecular formula is C13H16N2O4. The van der Waals surface area contributed by atoms with Crippen molar-refractivity contribution in [3.8, 4) is 0 Å². The van der Waals surface area contributed by atoms with Crippen LogP contribution in [0.15, 0.2) is 24.3 Å². The zero-order valence-electron chi connectivity index (χ0n) is 10.5. The van der Waals surface area contributed by atoms with Crippen LogP contribution in [-0.2, 0) is 9.53 Å². The molecule has 0 atom stereocenters. The number of carbonyl (C=O) groups is 2. The third-order valence-electron chi connectivity index (χ3n) is 2.83. The van der Waals surface area contributed by atoms with E-state index in [0.29, 0.717) is 24.3 Å². The number of ether oxygens (including phenoxy) is 1. The first-order chi connectivity index (χ1) is 9.22. The van der Waals surface area contributed by atoms with Crippen LogP contribution in [0.2, 0.25) is 0 Å². The number of nitrogens with one attached hydrogen (secondary N) is 1. The van der Waals surface area contributed by atoms with E-state index in [2.05, 4.69) is 5.32 Å². The van der Waals surface area contributed by atoms with Crippen LogP contribution in [-0.4, -0.2) is 36.9 Å². The summed E-state index contributed by atoms with van der Waals surface area (Å²) in [7, 11) is 0. The van der Waals surface area contributed by atoms with Crippen molar-refractivity contribution in [1.29, 1.82) is 0 Å². The molecule has 0 spiro atoms. The lowest BCUT2D eigenvalue weighted by Crippen LogP contribution is -2.26. The molecule has 1 fully saturated rings. The van der Waals surface area contributed by atoms with Crippen molar-refractivity contribution >= 4 is 23.4 Å². The number of para-hydroxylation sites is 2. The lowest BCUT2D eigenvalue weighted by molar-refractivity contribution is -0.117. The van der Waals surface area contributed by atoms with Crippen LogP contribution in [0.5, 0.6) is 0 Å². The fourth-order valence-corrected chi connectivity index (χ4v) is 2.00. The third-order valence-corrected chi connectivity index (χ3v) is 2.83. The van der Waals surface area contributed by atoms with Crippen LogP contribution in [0.1, 0.15) is 12.8 Å². The largest absolute Gasteiger partial charge is 0.447 e. The maximum absolute atomic E-state index is 11.7. The van der Waals surface area contributed by atoms with E-state index in [0.717, 1.165) is 6.42 Å². The molecule has 2 N–H and O–H groups in total. The van der Waals surface area contributed by atoms with E-state index in [-0.39, 0.29) is 19.1 Å². The molecule has 102 valence electrons. The Morgan fingerprint density at radius 1 is 1.42 bits per heavy atom. The van der Waals surface area contributed by atoms with Crippen molar-refractivity contribution in [2.45, 2.75) is 12.8 Å². The normalized spacial score (nSPS) is 14.6. The molecule has 1 heterocycles. The number of anilines is 2. The highest BCUT2D eigenvalue weighted by atomic mass is 16.6. The van der Waals surface area contributed by atoms with E-state index in [1.54, 1.807) is 23.1 Å². The molecule has 0 saturated carbocycles. The molecular weight excluding hydrogens is 248 g/mol. The van der Waals surface area contributed by atoms with Gasteiger partial charge < -0.3 is 14.7 Å². The summed E-state index contributed by atoms with van der Waals surface area (Å²) in [4.78, 5) is 24.9. The van der Waals surface area contributed by atoms with Gasteiger partial charge in [0.15, 0.2) is 0 Å². The van der Waals surface area contributed by atoms with Gasteiger partial charge in [-0.3, -0.25) is 10.1 Å². The van der Waals surface area contributed by atoms with Crippen molar-refractivity contribution < 1.29 is 19.4 Å². The number of hydrogen-bond acceptors (Lipinski definition) is 4. The highest BCUT2D eigenvalue weighted by molar-refractivity contribution is 6.00. The van der Waals surface area contributed by atoms with Gasteiger partial charge in [-0.15, -0.1) is 0 Å². The minimum absolute atomic E-state index is 0.0537. The fourth-order valence-electron chi connectivity index (χ4n) is 2.00. The SMILES string of the molecule is O=C(Nc1ccccc1N1CCCC1=O)OCCO. The van der Waals surface area contributed by atoms with E-state index < -0.39 is 6.09 Å². The third kappa shape index (κ3) is 3.23. The fraction of sp³-hybridized carbons (Fsp3) is 0.385. The predicted octanol–water partition coefficient (Wildman–Crippen LogP) is 1.35. The first-order valence-electron chi connectivity index (χ1n) is 6.16. The molecule has 2 amide bonds. The Morgan fingerprint density at radius 3 is 2.89 bits per heavy atom. The average molecular weight is 264 g/mol. The molecule has 0 aliphatic carbocycles. The van der Waals surface area contributed by atoms with Gasteiger partial charge in [-0.05, 0) is 18.6 Å². The maximum atomic E-state index is 11.7. The molecule has 1 aliphatic heterocycles. The second kappa shape index (κ2) is 6.19. The zero-order valence-corrected chi connectivity index (χ0v) is 10.5. The first kappa shape index (κ1) is 13.4. The lowest BCUT2D eigenvalue weighted by Gasteiger charge is -2.19. The summed E-state index contributed by atoms with van der Waals surface area (Å²) in [6.07, 6.45) is 0.707. The Kier molecular flexibility index (Phi) is 4.35. The first-order valence-corrected chi connectivity index (χ1v) is 6.16. The molecule has 0 radical (unpaired) electrons. The Balaban J connectivity index is 2.12. The number of aliphatic hydroxyl groups is 1. The van der Waals surface area contributed by atoms with Crippen molar-refractivity contribution in [2.24, 2.45) is 0 Å². The van der Waals surface area contributed by atoms with Crippen LogP contribution < -0.4 is 10.2 Å². The van der Waals surface area contributed by atoms with Crippen LogP contribution in [0, 0.1) is 0 Å². The summed E-state index contributed by atoms with van der Waals surface area (Å²) in [5.41, 5.74) is 1.20. The van der Waals surface area contributed by atoms with E-state index in [9.17, 15) is 9.59 Å². The van der Waals surface area contributed by atoms with Crippen molar-refractivity contribution in [1.82, 2.24) is 0 Å².